The number of allylic oxidation sites excluding steroid dienone is 2. The van der Waals surface area contributed by atoms with E-state index in [0.717, 1.165) is 40.4 Å². The molecule has 570 valence electrons. The third-order valence-electron chi connectivity index (χ3n) is 9.92. The van der Waals surface area contributed by atoms with Crippen molar-refractivity contribution in [2.75, 3.05) is 198 Å². The summed E-state index contributed by atoms with van der Waals surface area (Å²) in [6.45, 7) is 40.9. The van der Waals surface area contributed by atoms with E-state index in [2.05, 4.69) is 100 Å². The molecule has 0 spiro atoms. The normalized spacial score (nSPS) is 9.75. The lowest BCUT2D eigenvalue weighted by Gasteiger charge is -2.09. The molecule has 5 amide bonds. The van der Waals surface area contributed by atoms with Crippen molar-refractivity contribution in [3.8, 4) is 6.07 Å². The van der Waals surface area contributed by atoms with E-state index in [1.54, 1.807) is 109 Å². The highest BCUT2D eigenvalue weighted by molar-refractivity contribution is 8.12. The number of thioether (sulfide) groups is 2. The summed E-state index contributed by atoms with van der Waals surface area (Å²) >= 11 is 7.82. The molecule has 0 radical (unpaired) electrons. The average molecular weight is 1440 g/mol. The van der Waals surface area contributed by atoms with Crippen LogP contribution in [0.3, 0.4) is 0 Å². The molecule has 0 aromatic rings. The van der Waals surface area contributed by atoms with Crippen molar-refractivity contribution in [3.63, 3.8) is 0 Å². The van der Waals surface area contributed by atoms with Gasteiger partial charge in [0, 0.05) is 155 Å². The maximum atomic E-state index is 10.4. The number of nitriles is 1. The number of carbonyl (C=O) groups is 6. The first kappa shape index (κ1) is 130. The average Bonchev–Trinajstić information content (AvgIpc) is 3.47. The van der Waals surface area contributed by atoms with Crippen molar-refractivity contribution < 1.29 is 60.7 Å². The van der Waals surface area contributed by atoms with Gasteiger partial charge in [-0.2, -0.15) is 17.0 Å². The van der Waals surface area contributed by atoms with Crippen molar-refractivity contribution in [1.29, 1.82) is 5.26 Å². The summed E-state index contributed by atoms with van der Waals surface area (Å²) in [5, 5.41) is 16.9. The third kappa shape index (κ3) is 207. The number of ketones is 1. The highest BCUT2D eigenvalue weighted by Gasteiger charge is 2.02. The van der Waals surface area contributed by atoms with Crippen LogP contribution in [0, 0.1) is 29.1 Å². The smallest absolute Gasteiger partial charge is 0.408 e. The molecule has 93 heavy (non-hydrogen) atoms. The summed E-state index contributed by atoms with van der Waals surface area (Å²) in [5.41, 5.74) is 1.38. The highest BCUT2D eigenvalue weighted by atomic mass is 32.2. The first-order valence-electron chi connectivity index (χ1n) is 30.2. The van der Waals surface area contributed by atoms with Crippen LogP contribution in [0.15, 0.2) is 11.6 Å². The molecule has 0 aliphatic heterocycles. The van der Waals surface area contributed by atoms with Crippen molar-refractivity contribution in [3.05, 3.63) is 11.6 Å². The second kappa shape index (κ2) is 97.0. The molecule has 0 heterocycles. The van der Waals surface area contributed by atoms with Crippen molar-refractivity contribution >= 4 is 96.6 Å². The molecule has 1 N–H and O–H groups in total. The standard InChI is InChI=1S/C5H10N2.C5H12O.C5H10O.C5H12.C5H10.2C4H9NO2.C4H9NOS.2C4H9NO.C4H9NS.C4H11N.C3H9NO2S.C3H8OS.C3H8O.C3H8S/c1-5(4-6)7(2)3;2*1-4(2)5(3)6;2*1-4-5(2)3;3*1-5(2)4(6)7-3;3*1-4(6)5(2)3;1-4-5(2)3;1-4(2)7(3,5)6;1-3-5(2)4;2*1-3-4-2/h5H,1-3H3;4-6H,1-3H3;4H,1-3H3;5H,4H2,1-3H3;4H,1-3H3;3*1-3H3;3*1-3H3;4H2,1-3H3;1-3H3;3H2,1-2H3;2*3H2,1-2H3. The molecule has 3 unspecified atom stereocenters. The number of methoxy groups -OCH3 is 3. The minimum Gasteiger partial charge on any atom is -0.453 e. The summed E-state index contributed by atoms with van der Waals surface area (Å²) in [7, 11) is 32.5. The van der Waals surface area contributed by atoms with Gasteiger partial charge in [0.25, 0.3) is 5.24 Å². The lowest BCUT2D eigenvalue weighted by Crippen LogP contribution is -2.22. The number of hydrogen-bond acceptors (Lipinski definition) is 19. The minimum absolute atomic E-state index is 0.0417. The molecule has 0 aromatic carbocycles. The van der Waals surface area contributed by atoms with Gasteiger partial charge in [0.1, 0.15) is 5.78 Å². The zero-order valence-electron chi connectivity index (χ0n) is 68.4. The fourth-order valence-electron chi connectivity index (χ4n) is 0.663. The van der Waals surface area contributed by atoms with Gasteiger partial charge in [-0.05, 0) is 120 Å². The Morgan fingerprint density at radius 3 is 0.839 bits per heavy atom. The summed E-state index contributed by atoms with van der Waals surface area (Å²) in [6.07, 6.45) is 9.32. The summed E-state index contributed by atoms with van der Waals surface area (Å²) < 4.78 is 44.7. The molecule has 0 bridgehead atoms. The molecule has 0 fully saturated rings. The largest absolute Gasteiger partial charge is 0.453 e. The fraction of sp³-hybridized carbons (Fsp3) is 0.846. The predicted octanol–water partition coefficient (Wildman–Crippen LogP) is 12.0. The van der Waals surface area contributed by atoms with Gasteiger partial charge in [-0.1, -0.05) is 111 Å². The lowest BCUT2D eigenvalue weighted by atomic mass is 10.1. The Morgan fingerprint density at radius 1 is 0.624 bits per heavy atom. The van der Waals surface area contributed by atoms with Crippen LogP contribution in [0.25, 0.3) is 0 Å². The van der Waals surface area contributed by atoms with E-state index in [1.165, 1.54) is 91.3 Å². The van der Waals surface area contributed by atoms with E-state index >= 15 is 0 Å². The van der Waals surface area contributed by atoms with Crippen molar-refractivity contribution in [2.45, 2.75) is 157 Å². The van der Waals surface area contributed by atoms with Gasteiger partial charge < -0.3 is 53.6 Å². The number of aliphatic hydroxyl groups excluding tert-OH is 1. The summed E-state index contributed by atoms with van der Waals surface area (Å²) in [6, 6.07) is 2.13. The monoisotopic (exact) mass is 1440 g/mol. The highest BCUT2D eigenvalue weighted by Crippen LogP contribution is 1.98. The third-order valence-corrected chi connectivity index (χ3v) is 13.7. The quantitative estimate of drug-likeness (QED) is 0.166. The van der Waals surface area contributed by atoms with Crippen LogP contribution in [-0.4, -0.2) is 311 Å². The number of amides is 5. The van der Waals surface area contributed by atoms with Gasteiger partial charge in [-0.15, -0.1) is 0 Å². The van der Waals surface area contributed by atoms with Crippen LogP contribution in [0.5, 0.6) is 0 Å². The van der Waals surface area contributed by atoms with Gasteiger partial charge in [0.05, 0.1) is 43.7 Å². The Kier molecular flexibility index (Phi) is 135. The van der Waals surface area contributed by atoms with Crippen molar-refractivity contribution in [2.24, 2.45) is 17.8 Å². The van der Waals surface area contributed by atoms with Crippen LogP contribution in [0.2, 0.25) is 0 Å². The second-order valence-corrected chi connectivity index (χ2v) is 28.4. The zero-order chi connectivity index (χ0) is 79.3. The number of thiocarbonyl (C=S) groups is 1. The van der Waals surface area contributed by atoms with Crippen molar-refractivity contribution in [1.82, 2.24) is 43.5 Å². The number of nitrogens with zero attached hydrogens (tertiary/aromatic N) is 10. The van der Waals surface area contributed by atoms with E-state index in [-0.39, 0.29) is 53.1 Å². The Hall–Kier alpha value is -3.66. The van der Waals surface area contributed by atoms with E-state index in [4.69, 9.17) is 22.6 Å². The second-order valence-electron chi connectivity index (χ2n) is 22.0. The number of sulfonamides is 1. The van der Waals surface area contributed by atoms with Gasteiger partial charge in [-0.25, -0.2) is 22.3 Å². The number of Topliss-reactive ketones (excluding diaryl/α,β-unsaturated/α-hetero) is 1. The number of carbonyl (C=O) groups excluding carboxylic acids is 6. The Bertz CT molecular complexity index is 1690. The van der Waals surface area contributed by atoms with Crippen LogP contribution in [0.4, 0.5) is 14.4 Å². The topological polar surface area (TPSA) is 254 Å². The van der Waals surface area contributed by atoms with Gasteiger partial charge >= 0.3 is 12.2 Å². The maximum absolute atomic E-state index is 10.4. The Morgan fingerprint density at radius 2 is 0.839 bits per heavy atom. The van der Waals surface area contributed by atoms with Gasteiger partial charge in [-0.3, -0.25) is 28.3 Å². The maximum Gasteiger partial charge on any atom is 0.408 e. The Balaban J connectivity index is -0.0000000487. The molecule has 0 aromatic heterocycles. The first-order chi connectivity index (χ1) is 41.8. The molecule has 0 aliphatic rings. The Labute approximate surface area is 593 Å². The molecule has 0 saturated carbocycles. The zero-order valence-corrected chi connectivity index (χ0v) is 72.4. The molecule has 0 aliphatic carbocycles. The van der Waals surface area contributed by atoms with Gasteiger partial charge in [0.15, 0.2) is 0 Å². The van der Waals surface area contributed by atoms with Gasteiger partial charge in [0.2, 0.25) is 21.8 Å². The van der Waals surface area contributed by atoms with Crippen LogP contribution >= 0.6 is 35.7 Å². The van der Waals surface area contributed by atoms with E-state index < -0.39 is 20.8 Å². The summed E-state index contributed by atoms with van der Waals surface area (Å²) in [5.74, 6) is 3.96. The molecule has 28 heteroatoms. The van der Waals surface area contributed by atoms with E-state index in [9.17, 15) is 41.4 Å². The number of ether oxygens (including phenoxy) is 3. The van der Waals surface area contributed by atoms with Crippen LogP contribution < -0.4 is 0 Å². The summed E-state index contributed by atoms with van der Waals surface area (Å²) in [4.78, 5) is 75.2. The molecular weight excluding hydrogens is 1290 g/mol. The lowest BCUT2D eigenvalue weighted by molar-refractivity contribution is -0.127. The number of rotatable bonds is 9. The molecular formula is C65H152N10O13S5. The molecule has 0 saturated heterocycles. The molecule has 0 rings (SSSR count). The van der Waals surface area contributed by atoms with E-state index in [0.29, 0.717) is 5.92 Å². The van der Waals surface area contributed by atoms with Crippen LogP contribution in [0.1, 0.15) is 145 Å². The van der Waals surface area contributed by atoms with Crippen LogP contribution in [-0.2, 0) is 49.4 Å². The molecule has 23 nitrogen and oxygen atoms in total. The minimum atomic E-state index is -2.91. The SMILES string of the molecule is CC(=O)C(C)C.CC(=O)N(C)C.CC(=O)N(C)C.CC(=S)N(C)C.CC(C#N)N(C)C.CC(C)C(C)O.CC=C(C)C.CCC(C)C.CCN(C)C.CCOC.CCS(C)=O.CCSC.CN(C)S(C)(=O)=O.COC(=O)N(C)C.COC(=O)N(C)C.CSC(=O)N(C)C. The number of hydrogen-bond donors (Lipinski definition) is 1. The molecule has 3 atom stereocenters. The number of aliphatic hydroxyl groups is 1. The predicted molar refractivity (Wildman–Crippen MR) is 415 cm³/mol. The first-order valence-corrected chi connectivity index (χ1v) is 36.8. The van der Waals surface area contributed by atoms with E-state index in [1.807, 2.05) is 112 Å². The fourth-order valence-corrected chi connectivity index (χ4v) is 1.03.